The van der Waals surface area contributed by atoms with Crippen LogP contribution in [0.5, 0.6) is 23.0 Å². The number of rotatable bonds is 12. The van der Waals surface area contributed by atoms with Crippen LogP contribution in [0.15, 0.2) is 72.8 Å². The first-order valence-electron chi connectivity index (χ1n) is 10.8. The van der Waals surface area contributed by atoms with Gasteiger partial charge >= 0.3 is 5.97 Å². The Hall–Kier alpha value is -3.93. The van der Waals surface area contributed by atoms with Crippen molar-refractivity contribution in [1.29, 1.82) is 0 Å². The maximum absolute atomic E-state index is 10.9. The summed E-state index contributed by atoms with van der Waals surface area (Å²) in [5.41, 5.74) is 2.67. The minimum absolute atomic E-state index is 0.331. The number of aliphatic carboxylic acids is 1. The summed E-state index contributed by atoms with van der Waals surface area (Å²) in [6.07, 6.45) is 2.61. The van der Waals surface area contributed by atoms with Gasteiger partial charge in [0, 0.05) is 6.08 Å². The van der Waals surface area contributed by atoms with Gasteiger partial charge < -0.3 is 24.1 Å². The molecule has 0 aliphatic carbocycles. The molecule has 0 saturated carbocycles. The monoisotopic (exact) mass is 448 g/mol. The van der Waals surface area contributed by atoms with Gasteiger partial charge in [-0.1, -0.05) is 30.3 Å². The van der Waals surface area contributed by atoms with Crippen LogP contribution in [-0.4, -0.2) is 24.3 Å². The molecule has 6 heteroatoms. The van der Waals surface area contributed by atoms with E-state index in [2.05, 4.69) is 0 Å². The molecule has 0 aliphatic rings. The van der Waals surface area contributed by atoms with Gasteiger partial charge in [-0.05, 0) is 73.0 Å². The van der Waals surface area contributed by atoms with Gasteiger partial charge in [-0.15, -0.1) is 0 Å². The second-order valence-corrected chi connectivity index (χ2v) is 7.11. The highest BCUT2D eigenvalue weighted by atomic mass is 16.5. The largest absolute Gasteiger partial charge is 0.494 e. The lowest BCUT2D eigenvalue weighted by Crippen LogP contribution is -2.01. The Kier molecular flexibility index (Phi) is 8.77. The van der Waals surface area contributed by atoms with Crippen LogP contribution in [0.4, 0.5) is 0 Å². The Balaban J connectivity index is 1.73. The summed E-state index contributed by atoms with van der Waals surface area (Å²) in [5, 5.41) is 8.91. The van der Waals surface area contributed by atoms with Gasteiger partial charge in [0.1, 0.15) is 24.7 Å². The van der Waals surface area contributed by atoms with Crippen molar-refractivity contribution in [1.82, 2.24) is 0 Å². The van der Waals surface area contributed by atoms with Crippen molar-refractivity contribution in [2.75, 3.05) is 13.2 Å². The topological polar surface area (TPSA) is 74.2 Å². The summed E-state index contributed by atoms with van der Waals surface area (Å²) < 4.78 is 23.0. The number of carbonyl (C=O) groups is 1. The molecule has 33 heavy (non-hydrogen) atoms. The molecule has 1 N–H and O–H groups in total. The molecule has 0 aliphatic heterocycles. The zero-order valence-electron chi connectivity index (χ0n) is 18.8. The number of carboxylic acid groups (broad SMARTS) is 1. The Labute approximate surface area is 194 Å². The van der Waals surface area contributed by atoms with E-state index in [1.165, 1.54) is 6.08 Å². The normalized spacial score (nSPS) is 10.7. The maximum Gasteiger partial charge on any atom is 0.328 e. The van der Waals surface area contributed by atoms with Crippen molar-refractivity contribution in [3.63, 3.8) is 0 Å². The molecule has 0 spiro atoms. The Bertz CT molecular complexity index is 1050. The van der Waals surface area contributed by atoms with E-state index in [0.29, 0.717) is 43.5 Å². The van der Waals surface area contributed by atoms with E-state index in [4.69, 9.17) is 24.1 Å². The first-order chi connectivity index (χ1) is 16.1. The molecule has 0 saturated heterocycles. The van der Waals surface area contributed by atoms with E-state index in [1.54, 1.807) is 18.2 Å². The van der Waals surface area contributed by atoms with E-state index in [1.807, 2.05) is 62.4 Å². The molecule has 0 radical (unpaired) electrons. The standard InChI is InChI=1S/C27H28O6/c1-3-30-23-11-5-21(6-12-23)18-32-25-15-9-20(10-16-27(28)29)17-26(25)33-19-22-7-13-24(14-8-22)31-4-2/h5-17H,3-4,18-19H2,1-2H3,(H,28,29). The molecule has 0 atom stereocenters. The summed E-state index contributed by atoms with van der Waals surface area (Å²) in [5.74, 6) is 1.71. The van der Waals surface area contributed by atoms with Crippen LogP contribution in [0.25, 0.3) is 6.08 Å². The first-order valence-corrected chi connectivity index (χ1v) is 10.8. The van der Waals surface area contributed by atoms with Gasteiger partial charge in [-0.3, -0.25) is 0 Å². The smallest absolute Gasteiger partial charge is 0.328 e. The molecule has 0 heterocycles. The number of hydrogen-bond donors (Lipinski definition) is 1. The van der Waals surface area contributed by atoms with Gasteiger partial charge in [0.25, 0.3) is 0 Å². The molecule has 0 unspecified atom stereocenters. The molecule has 0 amide bonds. The molecule has 172 valence electrons. The SMILES string of the molecule is CCOc1ccc(COc2ccc(C=CC(=O)O)cc2OCc2ccc(OCC)cc2)cc1. The van der Waals surface area contributed by atoms with Crippen LogP contribution in [0.3, 0.4) is 0 Å². The number of ether oxygens (including phenoxy) is 4. The summed E-state index contributed by atoms with van der Waals surface area (Å²) in [6.45, 7) is 5.81. The fourth-order valence-corrected chi connectivity index (χ4v) is 3.05. The predicted molar refractivity (Wildman–Crippen MR) is 127 cm³/mol. The fourth-order valence-electron chi connectivity index (χ4n) is 3.05. The van der Waals surface area contributed by atoms with Crippen molar-refractivity contribution in [2.24, 2.45) is 0 Å². The summed E-state index contributed by atoms with van der Waals surface area (Å²) in [4.78, 5) is 10.9. The van der Waals surface area contributed by atoms with Crippen molar-refractivity contribution < 1.29 is 28.8 Å². The number of benzene rings is 3. The molecule has 0 aromatic heterocycles. The summed E-state index contributed by atoms with van der Waals surface area (Å²) >= 11 is 0. The number of hydrogen-bond acceptors (Lipinski definition) is 5. The molecule has 6 nitrogen and oxygen atoms in total. The number of carboxylic acids is 1. The average Bonchev–Trinajstić information content (AvgIpc) is 2.83. The van der Waals surface area contributed by atoms with Gasteiger partial charge in [-0.2, -0.15) is 0 Å². The lowest BCUT2D eigenvalue weighted by molar-refractivity contribution is -0.131. The van der Waals surface area contributed by atoms with Gasteiger partial charge in [0.15, 0.2) is 11.5 Å². The Morgan fingerprint density at radius 1 is 0.727 bits per heavy atom. The van der Waals surface area contributed by atoms with E-state index in [-0.39, 0.29) is 0 Å². The van der Waals surface area contributed by atoms with Crippen LogP contribution in [0.1, 0.15) is 30.5 Å². The van der Waals surface area contributed by atoms with Crippen LogP contribution in [0, 0.1) is 0 Å². The lowest BCUT2D eigenvalue weighted by Gasteiger charge is -2.14. The Morgan fingerprint density at radius 2 is 1.24 bits per heavy atom. The Morgan fingerprint density at radius 3 is 1.73 bits per heavy atom. The van der Waals surface area contributed by atoms with Gasteiger partial charge in [0.2, 0.25) is 0 Å². The summed E-state index contributed by atoms with van der Waals surface area (Å²) in [6, 6.07) is 20.7. The molecule has 3 aromatic rings. The van der Waals surface area contributed by atoms with Crippen molar-refractivity contribution in [2.45, 2.75) is 27.1 Å². The van der Waals surface area contributed by atoms with Gasteiger partial charge in [0.05, 0.1) is 13.2 Å². The third kappa shape index (κ3) is 7.61. The highest BCUT2D eigenvalue weighted by Gasteiger charge is 2.08. The highest BCUT2D eigenvalue weighted by Crippen LogP contribution is 2.31. The average molecular weight is 449 g/mol. The van der Waals surface area contributed by atoms with Crippen molar-refractivity contribution >= 4 is 12.0 Å². The maximum atomic E-state index is 10.9. The van der Waals surface area contributed by atoms with Crippen LogP contribution >= 0.6 is 0 Å². The minimum Gasteiger partial charge on any atom is -0.494 e. The predicted octanol–water partition coefficient (Wildman–Crippen LogP) is 5.74. The molecule has 3 aromatic carbocycles. The van der Waals surface area contributed by atoms with Crippen molar-refractivity contribution in [3.05, 3.63) is 89.5 Å². The zero-order valence-corrected chi connectivity index (χ0v) is 18.8. The lowest BCUT2D eigenvalue weighted by atomic mass is 10.1. The zero-order chi connectivity index (χ0) is 23.5. The molecular weight excluding hydrogens is 420 g/mol. The highest BCUT2D eigenvalue weighted by molar-refractivity contribution is 5.85. The van der Waals surface area contributed by atoms with Gasteiger partial charge in [-0.25, -0.2) is 4.79 Å². The third-order valence-electron chi connectivity index (χ3n) is 4.64. The summed E-state index contributed by atoms with van der Waals surface area (Å²) in [7, 11) is 0. The molecule has 3 rings (SSSR count). The van der Waals surface area contributed by atoms with E-state index >= 15 is 0 Å². The first kappa shape index (κ1) is 23.7. The quantitative estimate of drug-likeness (QED) is 0.356. The van der Waals surface area contributed by atoms with Crippen LogP contribution < -0.4 is 18.9 Å². The van der Waals surface area contributed by atoms with Crippen LogP contribution in [-0.2, 0) is 18.0 Å². The molecule has 0 bridgehead atoms. The van der Waals surface area contributed by atoms with E-state index in [9.17, 15) is 4.79 Å². The van der Waals surface area contributed by atoms with Crippen LogP contribution in [0.2, 0.25) is 0 Å². The molecular formula is C27H28O6. The molecule has 0 fully saturated rings. The minimum atomic E-state index is -1.01. The fraction of sp³-hybridized carbons (Fsp3) is 0.222. The van der Waals surface area contributed by atoms with Crippen molar-refractivity contribution in [3.8, 4) is 23.0 Å². The third-order valence-corrected chi connectivity index (χ3v) is 4.64. The second kappa shape index (κ2) is 12.2. The van der Waals surface area contributed by atoms with E-state index in [0.717, 1.165) is 28.7 Å². The van der Waals surface area contributed by atoms with E-state index < -0.39 is 5.97 Å². The second-order valence-electron chi connectivity index (χ2n) is 7.11.